The number of nitrogens with zero attached hydrogens (tertiary/aromatic N) is 2. The normalized spacial score (nSPS) is 31.1. The summed E-state index contributed by atoms with van der Waals surface area (Å²) in [5.74, 6) is -0.163. The summed E-state index contributed by atoms with van der Waals surface area (Å²) < 4.78 is 24.3. The first-order valence-corrected chi connectivity index (χ1v) is 7.68. The van der Waals surface area contributed by atoms with Gasteiger partial charge in [0.1, 0.15) is 6.04 Å². The maximum absolute atomic E-state index is 12.2. The molecule has 17 heavy (non-hydrogen) atoms. The molecule has 2 saturated heterocycles. The summed E-state index contributed by atoms with van der Waals surface area (Å²) in [4.78, 5) is 13.7. The van der Waals surface area contributed by atoms with E-state index < -0.39 is 22.2 Å². The standard InChI is InChI=1S/C10H18N2O4S/c1-17(15,16)12-5-2-3-9(12)10(14)11-6-4-8(13)7-11/h8-9,13H,2-7H2,1H3/t8-,9?/m1/s1. The molecule has 7 heteroatoms. The molecule has 0 aromatic heterocycles. The zero-order valence-corrected chi connectivity index (χ0v) is 10.7. The molecule has 0 radical (unpaired) electrons. The zero-order chi connectivity index (χ0) is 12.6. The topological polar surface area (TPSA) is 77.9 Å². The second kappa shape index (κ2) is 4.55. The number of β-amino-alcohol motifs (C(OH)–C–C–N with tert-alkyl or cyclic N) is 1. The van der Waals surface area contributed by atoms with E-state index in [1.54, 1.807) is 4.90 Å². The average Bonchev–Trinajstić information content (AvgIpc) is 2.83. The second-order valence-corrected chi connectivity index (χ2v) is 6.69. The van der Waals surface area contributed by atoms with Crippen LogP contribution in [0.25, 0.3) is 0 Å². The Morgan fingerprint density at radius 3 is 2.53 bits per heavy atom. The van der Waals surface area contributed by atoms with Crippen LogP contribution in [0.5, 0.6) is 0 Å². The lowest BCUT2D eigenvalue weighted by molar-refractivity contribution is -0.133. The Morgan fingerprint density at radius 1 is 1.29 bits per heavy atom. The first-order chi connectivity index (χ1) is 7.89. The Hall–Kier alpha value is -0.660. The molecule has 2 rings (SSSR count). The number of aliphatic hydroxyl groups is 1. The van der Waals surface area contributed by atoms with E-state index in [1.165, 1.54) is 4.31 Å². The summed E-state index contributed by atoms with van der Waals surface area (Å²) >= 11 is 0. The summed E-state index contributed by atoms with van der Waals surface area (Å²) in [6.07, 6.45) is 2.56. The number of carbonyl (C=O) groups excluding carboxylic acids is 1. The van der Waals surface area contributed by atoms with Crippen molar-refractivity contribution >= 4 is 15.9 Å². The van der Waals surface area contributed by atoms with Gasteiger partial charge in [-0.25, -0.2) is 8.42 Å². The van der Waals surface area contributed by atoms with E-state index >= 15 is 0 Å². The fourth-order valence-electron chi connectivity index (χ4n) is 2.54. The predicted octanol–water partition coefficient (Wildman–Crippen LogP) is -0.996. The van der Waals surface area contributed by atoms with E-state index in [1.807, 2.05) is 0 Å². The van der Waals surface area contributed by atoms with Crippen LogP contribution in [0.4, 0.5) is 0 Å². The minimum atomic E-state index is -3.32. The van der Waals surface area contributed by atoms with Gasteiger partial charge in [-0.05, 0) is 19.3 Å². The van der Waals surface area contributed by atoms with Crippen LogP contribution in [-0.2, 0) is 14.8 Å². The molecule has 1 unspecified atom stereocenters. The molecular formula is C10H18N2O4S. The van der Waals surface area contributed by atoms with Crippen molar-refractivity contribution in [3.05, 3.63) is 0 Å². The highest BCUT2D eigenvalue weighted by molar-refractivity contribution is 7.88. The van der Waals surface area contributed by atoms with Crippen molar-refractivity contribution in [2.45, 2.75) is 31.4 Å². The van der Waals surface area contributed by atoms with Gasteiger partial charge < -0.3 is 10.0 Å². The molecule has 1 N–H and O–H groups in total. The lowest BCUT2D eigenvalue weighted by atomic mass is 10.2. The van der Waals surface area contributed by atoms with E-state index in [4.69, 9.17) is 0 Å². The maximum Gasteiger partial charge on any atom is 0.241 e. The molecule has 2 fully saturated rings. The number of rotatable bonds is 2. The van der Waals surface area contributed by atoms with Gasteiger partial charge in [-0.1, -0.05) is 0 Å². The highest BCUT2D eigenvalue weighted by Gasteiger charge is 2.39. The molecule has 6 nitrogen and oxygen atoms in total. The van der Waals surface area contributed by atoms with Gasteiger partial charge >= 0.3 is 0 Å². The second-order valence-electron chi connectivity index (χ2n) is 4.76. The van der Waals surface area contributed by atoms with Crippen molar-refractivity contribution in [2.24, 2.45) is 0 Å². The van der Waals surface area contributed by atoms with E-state index in [9.17, 15) is 18.3 Å². The molecule has 0 aromatic carbocycles. The third-order valence-electron chi connectivity index (χ3n) is 3.39. The number of amides is 1. The first kappa shape index (κ1) is 12.8. The summed E-state index contributed by atoms with van der Waals surface area (Å²) in [7, 11) is -3.32. The molecule has 2 aliphatic rings. The van der Waals surface area contributed by atoms with Crippen LogP contribution >= 0.6 is 0 Å². The number of hydrogen-bond donors (Lipinski definition) is 1. The van der Waals surface area contributed by atoms with Crippen LogP contribution in [0, 0.1) is 0 Å². The van der Waals surface area contributed by atoms with Crippen molar-refractivity contribution in [3.63, 3.8) is 0 Å². The zero-order valence-electron chi connectivity index (χ0n) is 9.87. The molecule has 2 heterocycles. The fourth-order valence-corrected chi connectivity index (χ4v) is 3.66. The van der Waals surface area contributed by atoms with Gasteiger partial charge in [-0.2, -0.15) is 4.31 Å². The Labute approximate surface area is 101 Å². The average molecular weight is 262 g/mol. The van der Waals surface area contributed by atoms with Crippen molar-refractivity contribution in [2.75, 3.05) is 25.9 Å². The number of carbonyl (C=O) groups is 1. The van der Waals surface area contributed by atoms with Gasteiger partial charge in [0.2, 0.25) is 15.9 Å². The molecule has 0 saturated carbocycles. The van der Waals surface area contributed by atoms with Crippen LogP contribution in [-0.4, -0.2) is 66.7 Å². The minimum Gasteiger partial charge on any atom is -0.391 e. The fraction of sp³-hybridized carbons (Fsp3) is 0.900. The number of hydrogen-bond acceptors (Lipinski definition) is 4. The van der Waals surface area contributed by atoms with Gasteiger partial charge in [0.25, 0.3) is 0 Å². The van der Waals surface area contributed by atoms with Gasteiger partial charge in [-0.15, -0.1) is 0 Å². The molecule has 0 bridgehead atoms. The summed E-state index contributed by atoms with van der Waals surface area (Å²) in [5, 5.41) is 9.39. The van der Waals surface area contributed by atoms with Crippen LogP contribution in [0.15, 0.2) is 0 Å². The number of likely N-dealkylation sites (tertiary alicyclic amines) is 1. The van der Waals surface area contributed by atoms with Crippen LogP contribution in [0.2, 0.25) is 0 Å². The molecular weight excluding hydrogens is 244 g/mol. The smallest absolute Gasteiger partial charge is 0.241 e. The van der Waals surface area contributed by atoms with Crippen LogP contribution in [0.3, 0.4) is 0 Å². The van der Waals surface area contributed by atoms with Gasteiger partial charge in [-0.3, -0.25) is 4.79 Å². The predicted molar refractivity (Wildman–Crippen MR) is 61.8 cm³/mol. The third-order valence-corrected chi connectivity index (χ3v) is 4.68. The molecule has 0 aliphatic carbocycles. The molecule has 98 valence electrons. The molecule has 0 spiro atoms. The quantitative estimate of drug-likeness (QED) is 0.692. The highest BCUT2D eigenvalue weighted by atomic mass is 32.2. The Morgan fingerprint density at radius 2 is 2.00 bits per heavy atom. The first-order valence-electron chi connectivity index (χ1n) is 5.83. The maximum atomic E-state index is 12.2. The van der Waals surface area contributed by atoms with Gasteiger partial charge in [0.15, 0.2) is 0 Å². The lowest BCUT2D eigenvalue weighted by Crippen LogP contribution is -2.46. The highest BCUT2D eigenvalue weighted by Crippen LogP contribution is 2.23. The number of aliphatic hydroxyl groups excluding tert-OH is 1. The largest absolute Gasteiger partial charge is 0.391 e. The Bertz CT molecular complexity index is 409. The Kier molecular flexibility index (Phi) is 3.42. The van der Waals surface area contributed by atoms with Gasteiger partial charge in [0, 0.05) is 19.6 Å². The third kappa shape index (κ3) is 2.61. The molecule has 1 amide bonds. The van der Waals surface area contributed by atoms with Gasteiger partial charge in [0.05, 0.1) is 12.4 Å². The SMILES string of the molecule is CS(=O)(=O)N1CCCC1C(=O)N1CC[C@@H](O)C1. The van der Waals surface area contributed by atoms with Crippen molar-refractivity contribution in [3.8, 4) is 0 Å². The van der Waals surface area contributed by atoms with Crippen LogP contribution in [0.1, 0.15) is 19.3 Å². The van der Waals surface area contributed by atoms with Crippen molar-refractivity contribution < 1.29 is 18.3 Å². The monoisotopic (exact) mass is 262 g/mol. The Balaban J connectivity index is 2.09. The minimum absolute atomic E-state index is 0.163. The van der Waals surface area contributed by atoms with E-state index in [2.05, 4.69) is 0 Å². The van der Waals surface area contributed by atoms with E-state index in [0.29, 0.717) is 32.5 Å². The van der Waals surface area contributed by atoms with E-state index in [-0.39, 0.29) is 5.91 Å². The number of sulfonamides is 1. The molecule has 0 aromatic rings. The van der Waals surface area contributed by atoms with Crippen molar-refractivity contribution in [1.82, 2.24) is 9.21 Å². The van der Waals surface area contributed by atoms with Crippen molar-refractivity contribution in [1.29, 1.82) is 0 Å². The summed E-state index contributed by atoms with van der Waals surface area (Å²) in [6.45, 7) is 1.27. The van der Waals surface area contributed by atoms with Crippen LogP contribution < -0.4 is 0 Å². The summed E-state index contributed by atoms with van der Waals surface area (Å²) in [6, 6.07) is -0.560. The molecule has 2 atom stereocenters. The lowest BCUT2D eigenvalue weighted by Gasteiger charge is -2.25. The summed E-state index contributed by atoms with van der Waals surface area (Å²) in [5.41, 5.74) is 0. The van der Waals surface area contributed by atoms with E-state index in [0.717, 1.165) is 12.7 Å². The molecule has 2 aliphatic heterocycles.